The minimum atomic E-state index is -0.0700. The van der Waals surface area contributed by atoms with Gasteiger partial charge in [-0.15, -0.1) is 0 Å². The lowest BCUT2D eigenvalue weighted by Gasteiger charge is -2.34. The van der Waals surface area contributed by atoms with E-state index in [0.29, 0.717) is 5.92 Å². The normalized spacial score (nSPS) is 28.8. The Morgan fingerprint density at radius 3 is 2.83 bits per heavy atom. The molecule has 0 radical (unpaired) electrons. The predicted octanol–water partition coefficient (Wildman–Crippen LogP) is 1.49. The summed E-state index contributed by atoms with van der Waals surface area (Å²) in [6, 6.07) is 0. The molecular formula is C10H21NO. The van der Waals surface area contributed by atoms with Gasteiger partial charge in [0.05, 0.1) is 6.10 Å². The Kier molecular flexibility index (Phi) is 4.02. The Bertz CT molecular complexity index is 125. The van der Waals surface area contributed by atoms with Crippen molar-refractivity contribution in [3.8, 4) is 0 Å². The molecule has 1 rings (SSSR count). The van der Waals surface area contributed by atoms with Crippen molar-refractivity contribution in [3.05, 3.63) is 0 Å². The molecule has 0 aliphatic carbocycles. The zero-order valence-electron chi connectivity index (χ0n) is 8.29. The average Bonchev–Trinajstić information content (AvgIpc) is 2.17. The van der Waals surface area contributed by atoms with Gasteiger partial charge in [0, 0.05) is 6.54 Å². The molecule has 0 aromatic rings. The standard InChI is InChI=1S/C10H21NO/c1-3-10(12)9-6-5-7-11(4-2)8-9/h9-10,12H,3-8H2,1-2H3. The van der Waals surface area contributed by atoms with Gasteiger partial charge < -0.3 is 10.0 Å². The summed E-state index contributed by atoms with van der Waals surface area (Å²) in [4.78, 5) is 2.44. The molecule has 2 unspecified atom stereocenters. The Morgan fingerprint density at radius 1 is 1.50 bits per heavy atom. The summed E-state index contributed by atoms with van der Waals surface area (Å²) in [6.07, 6.45) is 3.31. The van der Waals surface area contributed by atoms with Gasteiger partial charge in [-0.2, -0.15) is 0 Å². The zero-order chi connectivity index (χ0) is 8.97. The van der Waals surface area contributed by atoms with Crippen LogP contribution in [0.4, 0.5) is 0 Å². The van der Waals surface area contributed by atoms with Gasteiger partial charge in [0.25, 0.3) is 0 Å². The molecule has 2 heteroatoms. The van der Waals surface area contributed by atoms with Gasteiger partial charge in [0.15, 0.2) is 0 Å². The molecule has 0 aromatic heterocycles. The zero-order valence-corrected chi connectivity index (χ0v) is 8.29. The van der Waals surface area contributed by atoms with E-state index in [1.54, 1.807) is 0 Å². The van der Waals surface area contributed by atoms with E-state index in [9.17, 15) is 5.11 Å². The Hall–Kier alpha value is -0.0800. The molecule has 0 spiro atoms. The maximum Gasteiger partial charge on any atom is 0.0578 e. The largest absolute Gasteiger partial charge is 0.393 e. The molecule has 0 aromatic carbocycles. The number of aliphatic hydroxyl groups is 1. The molecule has 1 heterocycles. The van der Waals surface area contributed by atoms with E-state index in [0.717, 1.165) is 19.5 Å². The summed E-state index contributed by atoms with van der Waals surface area (Å²) < 4.78 is 0. The van der Waals surface area contributed by atoms with Gasteiger partial charge in [0.1, 0.15) is 0 Å². The number of aliphatic hydroxyl groups excluding tert-OH is 1. The minimum Gasteiger partial charge on any atom is -0.393 e. The second kappa shape index (κ2) is 4.83. The Morgan fingerprint density at radius 2 is 2.25 bits per heavy atom. The van der Waals surface area contributed by atoms with Gasteiger partial charge in [-0.25, -0.2) is 0 Å². The van der Waals surface area contributed by atoms with Crippen LogP contribution in [0, 0.1) is 5.92 Å². The summed E-state index contributed by atoms with van der Waals surface area (Å²) in [5, 5.41) is 9.67. The molecule has 0 amide bonds. The smallest absolute Gasteiger partial charge is 0.0578 e. The van der Waals surface area contributed by atoms with Crippen molar-refractivity contribution in [1.82, 2.24) is 4.90 Å². The third kappa shape index (κ3) is 2.46. The van der Waals surface area contributed by atoms with Crippen LogP contribution in [0.2, 0.25) is 0 Å². The van der Waals surface area contributed by atoms with Crippen molar-refractivity contribution in [2.24, 2.45) is 5.92 Å². The number of likely N-dealkylation sites (tertiary alicyclic amines) is 1. The van der Waals surface area contributed by atoms with Gasteiger partial charge >= 0.3 is 0 Å². The summed E-state index contributed by atoms with van der Waals surface area (Å²) >= 11 is 0. The van der Waals surface area contributed by atoms with Crippen LogP contribution in [0.5, 0.6) is 0 Å². The molecule has 1 fully saturated rings. The maximum absolute atomic E-state index is 9.67. The predicted molar refractivity (Wildman–Crippen MR) is 51.1 cm³/mol. The fraction of sp³-hybridized carbons (Fsp3) is 1.00. The van der Waals surface area contributed by atoms with Crippen molar-refractivity contribution in [1.29, 1.82) is 0 Å². The highest BCUT2D eigenvalue weighted by atomic mass is 16.3. The van der Waals surface area contributed by atoms with E-state index in [1.165, 1.54) is 19.4 Å². The first-order chi connectivity index (χ1) is 5.77. The molecule has 2 atom stereocenters. The van der Waals surface area contributed by atoms with Gasteiger partial charge in [-0.05, 0) is 38.3 Å². The first-order valence-electron chi connectivity index (χ1n) is 5.18. The number of rotatable bonds is 3. The second-order valence-corrected chi connectivity index (χ2v) is 3.77. The van der Waals surface area contributed by atoms with Crippen LogP contribution in [-0.4, -0.2) is 35.7 Å². The Labute approximate surface area is 75.6 Å². The van der Waals surface area contributed by atoms with Crippen LogP contribution in [0.25, 0.3) is 0 Å². The molecule has 72 valence electrons. The van der Waals surface area contributed by atoms with Gasteiger partial charge in [-0.3, -0.25) is 0 Å². The third-order valence-corrected chi connectivity index (χ3v) is 2.95. The topological polar surface area (TPSA) is 23.5 Å². The molecule has 0 saturated carbocycles. The quantitative estimate of drug-likeness (QED) is 0.695. The highest BCUT2D eigenvalue weighted by Crippen LogP contribution is 2.20. The highest BCUT2D eigenvalue weighted by Gasteiger charge is 2.23. The fourth-order valence-electron chi connectivity index (χ4n) is 2.03. The monoisotopic (exact) mass is 171 g/mol. The minimum absolute atomic E-state index is 0.0700. The fourth-order valence-corrected chi connectivity index (χ4v) is 2.03. The van der Waals surface area contributed by atoms with Crippen LogP contribution >= 0.6 is 0 Å². The molecule has 1 saturated heterocycles. The SMILES string of the molecule is CCC(O)C1CCCN(CC)C1. The summed E-state index contributed by atoms with van der Waals surface area (Å²) in [6.45, 7) is 7.72. The molecule has 0 bridgehead atoms. The first kappa shape index (κ1) is 10.0. The number of hydrogen-bond acceptors (Lipinski definition) is 2. The van der Waals surface area contributed by atoms with Crippen LogP contribution in [-0.2, 0) is 0 Å². The van der Waals surface area contributed by atoms with Crippen molar-refractivity contribution in [3.63, 3.8) is 0 Å². The van der Waals surface area contributed by atoms with Crippen molar-refractivity contribution < 1.29 is 5.11 Å². The number of nitrogens with zero attached hydrogens (tertiary/aromatic N) is 1. The van der Waals surface area contributed by atoms with Crippen LogP contribution < -0.4 is 0 Å². The Balaban J connectivity index is 2.34. The maximum atomic E-state index is 9.67. The molecule has 1 aliphatic heterocycles. The van der Waals surface area contributed by atoms with E-state index >= 15 is 0 Å². The molecule has 12 heavy (non-hydrogen) atoms. The molecule has 1 aliphatic rings. The van der Waals surface area contributed by atoms with Crippen LogP contribution in [0.1, 0.15) is 33.1 Å². The van der Waals surface area contributed by atoms with E-state index in [1.807, 2.05) is 0 Å². The van der Waals surface area contributed by atoms with E-state index in [4.69, 9.17) is 0 Å². The molecule has 1 N–H and O–H groups in total. The lowest BCUT2D eigenvalue weighted by atomic mass is 9.91. The van der Waals surface area contributed by atoms with Crippen LogP contribution in [0.3, 0.4) is 0 Å². The highest BCUT2D eigenvalue weighted by molar-refractivity contribution is 4.76. The number of hydrogen-bond donors (Lipinski definition) is 1. The van der Waals surface area contributed by atoms with Crippen molar-refractivity contribution >= 4 is 0 Å². The lowest BCUT2D eigenvalue weighted by Crippen LogP contribution is -2.39. The van der Waals surface area contributed by atoms with E-state index < -0.39 is 0 Å². The molecule has 2 nitrogen and oxygen atoms in total. The summed E-state index contributed by atoms with van der Waals surface area (Å²) in [5.41, 5.74) is 0. The summed E-state index contributed by atoms with van der Waals surface area (Å²) in [5.74, 6) is 0.531. The first-order valence-corrected chi connectivity index (χ1v) is 5.18. The van der Waals surface area contributed by atoms with Crippen LogP contribution in [0.15, 0.2) is 0 Å². The number of piperidine rings is 1. The van der Waals surface area contributed by atoms with E-state index in [2.05, 4.69) is 18.7 Å². The summed E-state index contributed by atoms with van der Waals surface area (Å²) in [7, 11) is 0. The van der Waals surface area contributed by atoms with Crippen molar-refractivity contribution in [2.75, 3.05) is 19.6 Å². The lowest BCUT2D eigenvalue weighted by molar-refractivity contribution is 0.0506. The average molecular weight is 171 g/mol. The van der Waals surface area contributed by atoms with Gasteiger partial charge in [-0.1, -0.05) is 13.8 Å². The van der Waals surface area contributed by atoms with Crippen molar-refractivity contribution in [2.45, 2.75) is 39.2 Å². The van der Waals surface area contributed by atoms with Gasteiger partial charge in [0.2, 0.25) is 0 Å². The second-order valence-electron chi connectivity index (χ2n) is 3.77. The molecular weight excluding hydrogens is 150 g/mol. The van der Waals surface area contributed by atoms with E-state index in [-0.39, 0.29) is 6.10 Å². The third-order valence-electron chi connectivity index (χ3n) is 2.95.